The molecule has 0 aliphatic carbocycles. The molecule has 0 spiro atoms. The third kappa shape index (κ3) is 4.93. The van der Waals surface area contributed by atoms with E-state index in [0.29, 0.717) is 22.3 Å². The van der Waals surface area contributed by atoms with Crippen LogP contribution in [0.5, 0.6) is 0 Å². The average molecular weight is 356 g/mol. The second-order valence-corrected chi connectivity index (χ2v) is 6.33. The molecule has 122 valence electrons. The molecule has 2 aromatic rings. The van der Waals surface area contributed by atoms with Crippen LogP contribution in [0.4, 0.5) is 10.1 Å². The van der Waals surface area contributed by atoms with Gasteiger partial charge in [0, 0.05) is 10.6 Å². The minimum Gasteiger partial charge on any atom is -0.324 e. The third-order valence-electron chi connectivity index (χ3n) is 3.72. The molecule has 2 atom stereocenters. The van der Waals surface area contributed by atoms with Crippen molar-refractivity contribution in [2.24, 2.45) is 0 Å². The number of likely N-dealkylation sites (N-methyl/N-ethyl adjacent to an activating group) is 1. The van der Waals surface area contributed by atoms with E-state index >= 15 is 0 Å². The van der Waals surface area contributed by atoms with Gasteiger partial charge in [-0.1, -0.05) is 35.3 Å². The monoisotopic (exact) mass is 355 g/mol. The molecule has 0 aliphatic rings. The Bertz CT molecular complexity index is 691. The van der Waals surface area contributed by atoms with E-state index in [1.54, 1.807) is 30.3 Å². The molecule has 23 heavy (non-hydrogen) atoms. The van der Waals surface area contributed by atoms with Crippen LogP contribution in [0.1, 0.15) is 12.5 Å². The molecule has 1 unspecified atom stereocenters. The first-order valence-corrected chi connectivity index (χ1v) is 7.95. The lowest BCUT2D eigenvalue weighted by Gasteiger charge is -2.21. The number of amides is 1. The van der Waals surface area contributed by atoms with Gasteiger partial charge in [0.05, 0.1) is 17.8 Å². The minimum absolute atomic E-state index is 0.145. The Hall–Kier alpha value is -1.62. The maximum atomic E-state index is 12.9. The smallest absolute Gasteiger partial charge is 0.282 e. The number of carbonyl (C=O) groups is 1. The van der Waals surface area contributed by atoms with Gasteiger partial charge in [0.25, 0.3) is 5.91 Å². The van der Waals surface area contributed by atoms with Crippen LogP contribution in [0.15, 0.2) is 42.5 Å². The molecule has 2 N–H and O–H groups in total. The lowest BCUT2D eigenvalue weighted by atomic mass is 10.2. The van der Waals surface area contributed by atoms with E-state index in [9.17, 15) is 9.18 Å². The van der Waals surface area contributed by atoms with Gasteiger partial charge >= 0.3 is 0 Å². The largest absolute Gasteiger partial charge is 0.324 e. The van der Waals surface area contributed by atoms with E-state index in [1.807, 2.05) is 14.0 Å². The van der Waals surface area contributed by atoms with Gasteiger partial charge in [-0.3, -0.25) is 4.79 Å². The van der Waals surface area contributed by atoms with Crippen LogP contribution in [0.25, 0.3) is 0 Å². The summed E-state index contributed by atoms with van der Waals surface area (Å²) in [6.45, 7) is 2.45. The van der Waals surface area contributed by atoms with E-state index < -0.39 is 0 Å². The lowest BCUT2D eigenvalue weighted by molar-refractivity contribution is -0.907. The van der Waals surface area contributed by atoms with Gasteiger partial charge in [0.2, 0.25) is 0 Å². The van der Waals surface area contributed by atoms with E-state index in [0.717, 1.165) is 10.5 Å². The highest BCUT2D eigenvalue weighted by atomic mass is 35.5. The number of quaternary nitrogens is 1. The van der Waals surface area contributed by atoms with E-state index in [-0.39, 0.29) is 17.8 Å². The zero-order valence-electron chi connectivity index (χ0n) is 12.9. The van der Waals surface area contributed by atoms with Crippen LogP contribution in [-0.4, -0.2) is 19.0 Å². The maximum Gasteiger partial charge on any atom is 0.282 e. The predicted octanol–water partition coefficient (Wildman–Crippen LogP) is 3.17. The molecular weight excluding hydrogens is 338 g/mol. The van der Waals surface area contributed by atoms with Crippen molar-refractivity contribution < 1.29 is 14.1 Å². The summed E-state index contributed by atoms with van der Waals surface area (Å²) >= 11 is 11.9. The summed E-state index contributed by atoms with van der Waals surface area (Å²) in [4.78, 5) is 13.3. The summed E-state index contributed by atoms with van der Waals surface area (Å²) in [6.07, 6.45) is 0. The van der Waals surface area contributed by atoms with Crippen molar-refractivity contribution in [3.8, 4) is 0 Å². The molecule has 2 aromatic carbocycles. The first-order chi connectivity index (χ1) is 10.9. The Morgan fingerprint density at radius 1 is 1.22 bits per heavy atom. The van der Waals surface area contributed by atoms with Crippen molar-refractivity contribution in [1.29, 1.82) is 0 Å². The number of hydrogen-bond donors (Lipinski definition) is 2. The summed E-state index contributed by atoms with van der Waals surface area (Å²) in [7, 11) is 1.91. The maximum absolute atomic E-state index is 12.9. The number of benzene rings is 2. The van der Waals surface area contributed by atoms with E-state index in [1.165, 1.54) is 12.1 Å². The molecule has 0 fully saturated rings. The van der Waals surface area contributed by atoms with Crippen molar-refractivity contribution in [1.82, 2.24) is 0 Å². The molecule has 2 rings (SSSR count). The molecule has 1 amide bonds. The van der Waals surface area contributed by atoms with Crippen molar-refractivity contribution in [3.05, 3.63) is 63.9 Å². The topological polar surface area (TPSA) is 33.5 Å². The van der Waals surface area contributed by atoms with E-state index in [4.69, 9.17) is 23.2 Å². The number of halogens is 3. The van der Waals surface area contributed by atoms with Gasteiger partial charge in [0.15, 0.2) is 6.04 Å². The molecular formula is C17H18Cl2FN2O+. The van der Waals surface area contributed by atoms with Crippen LogP contribution >= 0.6 is 23.2 Å². The van der Waals surface area contributed by atoms with Gasteiger partial charge in [-0.25, -0.2) is 4.39 Å². The Morgan fingerprint density at radius 3 is 2.48 bits per heavy atom. The van der Waals surface area contributed by atoms with Gasteiger partial charge in [-0.2, -0.15) is 0 Å². The van der Waals surface area contributed by atoms with Gasteiger partial charge < -0.3 is 10.2 Å². The molecule has 0 aromatic heterocycles. The molecule has 0 heterocycles. The second-order valence-electron chi connectivity index (χ2n) is 5.48. The number of hydrogen-bond acceptors (Lipinski definition) is 1. The number of anilines is 1. The first-order valence-electron chi connectivity index (χ1n) is 7.19. The fourth-order valence-corrected chi connectivity index (χ4v) is 2.59. The highest BCUT2D eigenvalue weighted by molar-refractivity contribution is 6.36. The van der Waals surface area contributed by atoms with E-state index in [2.05, 4.69) is 5.32 Å². The lowest BCUT2D eigenvalue weighted by Crippen LogP contribution is -3.12. The normalized spacial score (nSPS) is 13.4. The van der Waals surface area contributed by atoms with Gasteiger partial charge in [-0.15, -0.1) is 0 Å². The average Bonchev–Trinajstić information content (AvgIpc) is 2.51. The minimum atomic E-state index is -0.299. The molecule has 0 aliphatic heterocycles. The summed E-state index contributed by atoms with van der Waals surface area (Å²) in [5.41, 5.74) is 1.50. The molecule has 0 radical (unpaired) electrons. The number of rotatable bonds is 5. The summed E-state index contributed by atoms with van der Waals surface area (Å²) in [5, 5.41) is 3.71. The third-order valence-corrected chi connectivity index (χ3v) is 4.27. The zero-order valence-corrected chi connectivity index (χ0v) is 14.4. The van der Waals surface area contributed by atoms with Gasteiger partial charge in [0.1, 0.15) is 12.4 Å². The first kappa shape index (κ1) is 17.7. The van der Waals surface area contributed by atoms with Crippen molar-refractivity contribution in [3.63, 3.8) is 0 Å². The fourth-order valence-electron chi connectivity index (χ4n) is 2.13. The SMILES string of the molecule is C[C@H](C(=O)Nc1ccc(Cl)cc1Cl)[NH+](C)Cc1ccc(F)cc1. The van der Waals surface area contributed by atoms with Crippen LogP contribution in [0.2, 0.25) is 10.0 Å². The quantitative estimate of drug-likeness (QED) is 0.848. The standard InChI is InChI=1S/C17H17Cl2FN2O/c1-11(22(2)10-12-3-6-14(20)7-4-12)17(23)21-16-8-5-13(18)9-15(16)19/h3-9,11H,10H2,1-2H3,(H,21,23)/p+1/t11-/m1/s1. The van der Waals surface area contributed by atoms with Crippen LogP contribution in [0, 0.1) is 5.82 Å². The summed E-state index contributed by atoms with van der Waals surface area (Å²) < 4.78 is 12.9. The highest BCUT2D eigenvalue weighted by Crippen LogP contribution is 2.25. The van der Waals surface area contributed by atoms with Crippen molar-refractivity contribution in [2.45, 2.75) is 19.5 Å². The van der Waals surface area contributed by atoms with Crippen LogP contribution in [0.3, 0.4) is 0 Å². The summed E-state index contributed by atoms with van der Waals surface area (Å²) in [5.74, 6) is -0.414. The van der Waals surface area contributed by atoms with Crippen LogP contribution < -0.4 is 10.2 Å². The van der Waals surface area contributed by atoms with Crippen LogP contribution in [-0.2, 0) is 11.3 Å². The fraction of sp³-hybridized carbons (Fsp3) is 0.235. The predicted molar refractivity (Wildman–Crippen MR) is 91.5 cm³/mol. The van der Waals surface area contributed by atoms with Gasteiger partial charge in [-0.05, 0) is 37.3 Å². The molecule has 0 saturated carbocycles. The Morgan fingerprint density at radius 2 is 1.87 bits per heavy atom. The Labute approximate surface area is 145 Å². The molecule has 6 heteroatoms. The molecule has 0 bridgehead atoms. The molecule has 0 saturated heterocycles. The van der Waals surface area contributed by atoms with Crippen molar-refractivity contribution >= 4 is 34.8 Å². The highest BCUT2D eigenvalue weighted by Gasteiger charge is 2.22. The Kier molecular flexibility index (Phi) is 5.99. The van der Waals surface area contributed by atoms with Crippen molar-refractivity contribution in [2.75, 3.05) is 12.4 Å². The summed E-state index contributed by atoms with van der Waals surface area (Å²) in [6, 6.07) is 10.9. The second kappa shape index (κ2) is 7.77. The number of carbonyl (C=O) groups excluding carboxylic acids is 1. The number of nitrogens with one attached hydrogen (secondary N) is 2. The molecule has 3 nitrogen and oxygen atoms in total. The Balaban J connectivity index is 1.99. The zero-order chi connectivity index (χ0) is 17.0.